The number of benzene rings is 1. The van der Waals surface area contributed by atoms with E-state index in [0.29, 0.717) is 0 Å². The van der Waals surface area contributed by atoms with Crippen LogP contribution in [-0.4, -0.2) is 4.98 Å². The molecule has 1 aromatic heterocycles. The second kappa shape index (κ2) is 3.94. The quantitative estimate of drug-likeness (QED) is 0.836. The summed E-state index contributed by atoms with van der Waals surface area (Å²) in [6.07, 6.45) is 1.91. The lowest BCUT2D eigenvalue weighted by molar-refractivity contribution is 0.891. The second-order valence-corrected chi connectivity index (χ2v) is 6.01. The van der Waals surface area contributed by atoms with Crippen molar-refractivity contribution in [1.82, 2.24) is 4.98 Å². The van der Waals surface area contributed by atoms with Gasteiger partial charge in [0.25, 0.3) is 0 Å². The Bertz CT molecular complexity index is 591. The van der Waals surface area contributed by atoms with Gasteiger partial charge in [-0.3, -0.25) is 0 Å². The van der Waals surface area contributed by atoms with Crippen molar-refractivity contribution in [2.24, 2.45) is 0 Å². The van der Waals surface area contributed by atoms with Gasteiger partial charge in [-0.1, -0.05) is 28.1 Å². The number of hydrogen-bond donors (Lipinski definition) is 0. The SMILES string of the molecule is N#CC1(c2nc(-c3ccc(Br)cc3)cs2)CC1. The maximum Gasteiger partial charge on any atom is 0.114 e. The van der Waals surface area contributed by atoms with E-state index in [4.69, 9.17) is 5.26 Å². The van der Waals surface area contributed by atoms with Gasteiger partial charge in [0.05, 0.1) is 11.8 Å². The van der Waals surface area contributed by atoms with Crippen LogP contribution in [0.4, 0.5) is 0 Å². The summed E-state index contributed by atoms with van der Waals surface area (Å²) in [6.45, 7) is 0. The molecule has 1 aliphatic carbocycles. The molecule has 0 saturated heterocycles. The van der Waals surface area contributed by atoms with Crippen molar-refractivity contribution in [3.63, 3.8) is 0 Å². The minimum Gasteiger partial charge on any atom is -0.240 e. The highest BCUT2D eigenvalue weighted by atomic mass is 79.9. The molecule has 4 heteroatoms. The molecular weight excluding hydrogens is 296 g/mol. The molecule has 0 N–H and O–H groups in total. The second-order valence-electron chi connectivity index (χ2n) is 4.24. The van der Waals surface area contributed by atoms with E-state index in [2.05, 4.69) is 27.0 Å². The van der Waals surface area contributed by atoms with Crippen molar-refractivity contribution in [2.45, 2.75) is 18.3 Å². The summed E-state index contributed by atoms with van der Waals surface area (Å²) in [6, 6.07) is 10.5. The van der Waals surface area contributed by atoms with E-state index in [-0.39, 0.29) is 5.41 Å². The average molecular weight is 305 g/mol. The van der Waals surface area contributed by atoms with Crippen LogP contribution in [-0.2, 0) is 5.41 Å². The Labute approximate surface area is 112 Å². The fourth-order valence-corrected chi connectivity index (χ4v) is 3.05. The molecule has 0 unspecified atom stereocenters. The van der Waals surface area contributed by atoms with Crippen molar-refractivity contribution < 1.29 is 0 Å². The molecule has 0 atom stereocenters. The first-order valence-electron chi connectivity index (χ1n) is 5.37. The van der Waals surface area contributed by atoms with E-state index < -0.39 is 0 Å². The van der Waals surface area contributed by atoms with Crippen LogP contribution in [0, 0.1) is 11.3 Å². The minimum absolute atomic E-state index is 0.266. The average Bonchev–Trinajstić information content (AvgIpc) is 3.00. The molecule has 2 aromatic rings. The van der Waals surface area contributed by atoms with E-state index >= 15 is 0 Å². The molecule has 1 heterocycles. The molecule has 1 saturated carbocycles. The van der Waals surface area contributed by atoms with Crippen LogP contribution in [0.15, 0.2) is 34.1 Å². The first-order valence-corrected chi connectivity index (χ1v) is 7.04. The molecular formula is C13H9BrN2S. The number of rotatable bonds is 2. The van der Waals surface area contributed by atoms with Gasteiger partial charge in [0, 0.05) is 15.4 Å². The predicted octanol–water partition coefficient (Wildman–Crippen LogP) is 4.13. The number of thiazole rings is 1. The van der Waals surface area contributed by atoms with Crippen LogP contribution in [0.5, 0.6) is 0 Å². The summed E-state index contributed by atoms with van der Waals surface area (Å²) in [4.78, 5) is 4.60. The summed E-state index contributed by atoms with van der Waals surface area (Å²) >= 11 is 5.01. The van der Waals surface area contributed by atoms with Crippen LogP contribution < -0.4 is 0 Å². The number of halogens is 1. The maximum atomic E-state index is 9.14. The Morgan fingerprint density at radius 2 is 2.00 bits per heavy atom. The van der Waals surface area contributed by atoms with Gasteiger partial charge in [0.15, 0.2) is 0 Å². The lowest BCUT2D eigenvalue weighted by Crippen LogP contribution is -2.01. The maximum absolute atomic E-state index is 9.14. The van der Waals surface area contributed by atoms with E-state index in [1.54, 1.807) is 11.3 Å². The summed E-state index contributed by atoms with van der Waals surface area (Å²) < 4.78 is 1.06. The van der Waals surface area contributed by atoms with Crippen molar-refractivity contribution in [2.75, 3.05) is 0 Å². The first kappa shape index (κ1) is 10.9. The highest BCUT2D eigenvalue weighted by molar-refractivity contribution is 9.10. The lowest BCUT2D eigenvalue weighted by atomic mass is 10.1. The lowest BCUT2D eigenvalue weighted by Gasteiger charge is -1.99. The Hall–Kier alpha value is -1.18. The molecule has 1 aromatic carbocycles. The Morgan fingerprint density at radius 3 is 2.59 bits per heavy atom. The zero-order valence-electron chi connectivity index (χ0n) is 8.98. The molecule has 0 bridgehead atoms. The van der Waals surface area contributed by atoms with Crippen molar-refractivity contribution >= 4 is 27.3 Å². The molecule has 1 aliphatic rings. The summed E-state index contributed by atoms with van der Waals surface area (Å²) in [5, 5.41) is 12.1. The predicted molar refractivity (Wildman–Crippen MR) is 71.8 cm³/mol. The van der Waals surface area contributed by atoms with Crippen molar-refractivity contribution in [3.05, 3.63) is 39.1 Å². The van der Waals surface area contributed by atoms with Crippen LogP contribution in [0.2, 0.25) is 0 Å². The minimum atomic E-state index is -0.266. The monoisotopic (exact) mass is 304 g/mol. The topological polar surface area (TPSA) is 36.7 Å². The summed E-state index contributed by atoms with van der Waals surface area (Å²) in [7, 11) is 0. The van der Waals surface area contributed by atoms with Gasteiger partial charge in [-0.25, -0.2) is 4.98 Å². The smallest absolute Gasteiger partial charge is 0.114 e. The molecule has 17 heavy (non-hydrogen) atoms. The zero-order chi connectivity index (χ0) is 11.9. The van der Waals surface area contributed by atoms with Crippen LogP contribution in [0.25, 0.3) is 11.3 Å². The first-order chi connectivity index (χ1) is 8.23. The third-order valence-corrected chi connectivity index (χ3v) is 4.59. The highest BCUT2D eigenvalue weighted by Gasteiger charge is 2.47. The third kappa shape index (κ3) is 1.90. The normalized spacial score (nSPS) is 16.5. The highest BCUT2D eigenvalue weighted by Crippen LogP contribution is 2.49. The molecule has 0 amide bonds. The third-order valence-electron chi connectivity index (χ3n) is 3.02. The summed E-state index contributed by atoms with van der Waals surface area (Å²) in [5.74, 6) is 0. The van der Waals surface area contributed by atoms with Crippen LogP contribution in [0.3, 0.4) is 0 Å². The number of nitrogens with zero attached hydrogens (tertiary/aromatic N) is 2. The standard InChI is InChI=1S/C13H9BrN2S/c14-10-3-1-9(2-4-10)11-7-17-12(16-11)13(8-15)5-6-13/h1-4,7H,5-6H2. The van der Waals surface area contributed by atoms with Crippen LogP contribution in [0.1, 0.15) is 17.8 Å². The Morgan fingerprint density at radius 1 is 1.29 bits per heavy atom. The largest absolute Gasteiger partial charge is 0.240 e. The van der Waals surface area contributed by atoms with Gasteiger partial charge >= 0.3 is 0 Å². The molecule has 0 spiro atoms. The molecule has 0 radical (unpaired) electrons. The molecule has 84 valence electrons. The number of hydrogen-bond acceptors (Lipinski definition) is 3. The Kier molecular flexibility index (Phi) is 2.53. The van der Waals surface area contributed by atoms with E-state index in [1.165, 1.54) is 0 Å². The van der Waals surface area contributed by atoms with E-state index in [0.717, 1.165) is 33.6 Å². The van der Waals surface area contributed by atoms with Gasteiger partial charge in [-0.15, -0.1) is 11.3 Å². The number of nitriles is 1. The number of aromatic nitrogens is 1. The van der Waals surface area contributed by atoms with Crippen molar-refractivity contribution in [1.29, 1.82) is 5.26 Å². The van der Waals surface area contributed by atoms with Gasteiger partial charge < -0.3 is 0 Å². The van der Waals surface area contributed by atoms with Crippen LogP contribution >= 0.6 is 27.3 Å². The van der Waals surface area contributed by atoms with Gasteiger partial charge in [0.2, 0.25) is 0 Å². The fraction of sp³-hybridized carbons (Fsp3) is 0.231. The molecule has 0 aliphatic heterocycles. The van der Waals surface area contributed by atoms with E-state index in [9.17, 15) is 0 Å². The fourth-order valence-electron chi connectivity index (χ4n) is 1.75. The molecule has 3 rings (SSSR count). The van der Waals surface area contributed by atoms with E-state index in [1.807, 2.05) is 29.6 Å². The molecule has 1 fully saturated rings. The van der Waals surface area contributed by atoms with Gasteiger partial charge in [-0.05, 0) is 25.0 Å². The summed E-state index contributed by atoms with van der Waals surface area (Å²) in [5.41, 5.74) is 1.81. The molecule has 2 nitrogen and oxygen atoms in total. The van der Waals surface area contributed by atoms with Crippen molar-refractivity contribution in [3.8, 4) is 17.3 Å². The van der Waals surface area contributed by atoms with Gasteiger partial charge in [0.1, 0.15) is 10.4 Å². The van der Waals surface area contributed by atoms with Gasteiger partial charge in [-0.2, -0.15) is 5.26 Å². The Balaban J connectivity index is 1.96. The zero-order valence-corrected chi connectivity index (χ0v) is 11.4.